The highest BCUT2D eigenvalue weighted by Gasteiger charge is 2.27. The first-order valence-electron chi connectivity index (χ1n) is 9.00. The molecule has 0 aliphatic heterocycles. The Morgan fingerprint density at radius 3 is 2.88 bits per heavy atom. The minimum atomic E-state index is -0.129. The van der Waals surface area contributed by atoms with Crippen molar-refractivity contribution in [1.29, 1.82) is 0 Å². The van der Waals surface area contributed by atoms with Crippen LogP contribution < -0.4 is 5.32 Å². The monoisotopic (exact) mass is 346 g/mol. The minimum absolute atomic E-state index is 0.0219. The Labute approximate surface area is 153 Å². The van der Waals surface area contributed by atoms with E-state index in [-0.39, 0.29) is 11.9 Å². The van der Waals surface area contributed by atoms with E-state index in [1.54, 1.807) is 6.20 Å². The van der Waals surface area contributed by atoms with E-state index >= 15 is 0 Å². The van der Waals surface area contributed by atoms with Crippen LogP contribution in [0.1, 0.15) is 51.8 Å². The van der Waals surface area contributed by atoms with Crippen molar-refractivity contribution >= 4 is 5.91 Å². The summed E-state index contributed by atoms with van der Waals surface area (Å²) in [5.41, 5.74) is 6.08. The van der Waals surface area contributed by atoms with Crippen molar-refractivity contribution < 1.29 is 4.79 Å². The van der Waals surface area contributed by atoms with E-state index in [0.717, 1.165) is 36.1 Å². The molecule has 5 nitrogen and oxygen atoms in total. The summed E-state index contributed by atoms with van der Waals surface area (Å²) in [6.45, 7) is 4.05. The molecule has 1 atom stereocenters. The first-order valence-corrected chi connectivity index (χ1v) is 9.00. The second-order valence-electron chi connectivity index (χ2n) is 6.88. The van der Waals surface area contributed by atoms with Crippen LogP contribution in [0.3, 0.4) is 0 Å². The lowest BCUT2D eigenvalue weighted by molar-refractivity contribution is 0.0927. The van der Waals surface area contributed by atoms with Gasteiger partial charge >= 0.3 is 0 Å². The maximum absolute atomic E-state index is 12.6. The van der Waals surface area contributed by atoms with Gasteiger partial charge in [-0.15, -0.1) is 0 Å². The number of benzene rings is 1. The van der Waals surface area contributed by atoms with Gasteiger partial charge in [0.25, 0.3) is 5.91 Å². The molecule has 2 heterocycles. The van der Waals surface area contributed by atoms with Gasteiger partial charge in [0.05, 0.1) is 17.9 Å². The summed E-state index contributed by atoms with van der Waals surface area (Å²) in [7, 11) is 0. The molecule has 4 rings (SSSR count). The summed E-state index contributed by atoms with van der Waals surface area (Å²) < 4.78 is 2.02. The van der Waals surface area contributed by atoms with Gasteiger partial charge in [0.1, 0.15) is 5.69 Å². The minimum Gasteiger partial charge on any atom is -0.344 e. The predicted molar refractivity (Wildman–Crippen MR) is 100 cm³/mol. The molecule has 0 radical (unpaired) electrons. The Balaban J connectivity index is 1.63. The number of carbonyl (C=O) groups is 1. The molecule has 1 aliphatic carbocycles. The van der Waals surface area contributed by atoms with Crippen LogP contribution in [-0.2, 0) is 6.42 Å². The van der Waals surface area contributed by atoms with Gasteiger partial charge in [-0.05, 0) is 62.4 Å². The number of hydrogen-bond acceptors (Lipinski definition) is 3. The number of hydrogen-bond donors (Lipinski definition) is 1. The van der Waals surface area contributed by atoms with Crippen molar-refractivity contribution in [2.24, 2.45) is 0 Å². The van der Waals surface area contributed by atoms with Gasteiger partial charge in [-0.3, -0.25) is 9.78 Å². The standard InChI is InChI=1S/C21H22N4O/c1-14-10-11-22-18(12-14)21(26)24-17-7-5-9-20-16(17)13-23-25(20)19-8-4-3-6-15(19)2/h3-4,6,8,10-13,17H,5,7,9H2,1-2H3,(H,24,26)/t17-/m1/s1. The van der Waals surface area contributed by atoms with Crippen molar-refractivity contribution in [2.75, 3.05) is 0 Å². The molecule has 0 saturated heterocycles. The molecule has 26 heavy (non-hydrogen) atoms. The van der Waals surface area contributed by atoms with Crippen molar-refractivity contribution in [3.05, 3.63) is 76.9 Å². The molecule has 5 heteroatoms. The van der Waals surface area contributed by atoms with E-state index in [2.05, 4.69) is 34.5 Å². The van der Waals surface area contributed by atoms with Gasteiger partial charge in [0.15, 0.2) is 0 Å². The van der Waals surface area contributed by atoms with Crippen LogP contribution in [0.5, 0.6) is 0 Å². The van der Waals surface area contributed by atoms with Gasteiger partial charge in [0, 0.05) is 17.5 Å². The van der Waals surface area contributed by atoms with E-state index in [9.17, 15) is 4.79 Å². The van der Waals surface area contributed by atoms with Crippen LogP contribution in [0.25, 0.3) is 5.69 Å². The zero-order valence-electron chi connectivity index (χ0n) is 15.1. The molecule has 132 valence electrons. The average Bonchev–Trinajstić information content (AvgIpc) is 3.07. The second kappa shape index (κ2) is 6.75. The number of amides is 1. The van der Waals surface area contributed by atoms with E-state index in [1.807, 2.05) is 42.1 Å². The summed E-state index contributed by atoms with van der Waals surface area (Å²) in [4.78, 5) is 16.8. The quantitative estimate of drug-likeness (QED) is 0.787. The molecule has 0 unspecified atom stereocenters. The largest absolute Gasteiger partial charge is 0.344 e. The lowest BCUT2D eigenvalue weighted by Gasteiger charge is -2.24. The number of rotatable bonds is 3. The Morgan fingerprint density at radius 1 is 1.23 bits per heavy atom. The van der Waals surface area contributed by atoms with Crippen molar-refractivity contribution in [3.63, 3.8) is 0 Å². The van der Waals surface area contributed by atoms with E-state index in [0.29, 0.717) is 5.69 Å². The van der Waals surface area contributed by atoms with Crippen LogP contribution in [0, 0.1) is 13.8 Å². The van der Waals surface area contributed by atoms with Crippen LogP contribution in [0.4, 0.5) is 0 Å². The zero-order chi connectivity index (χ0) is 18.1. The first kappa shape index (κ1) is 16.5. The molecule has 1 aliphatic rings. The lowest BCUT2D eigenvalue weighted by Crippen LogP contribution is -2.31. The molecular weight excluding hydrogens is 324 g/mol. The molecule has 2 aromatic heterocycles. The van der Waals surface area contributed by atoms with E-state index in [1.165, 1.54) is 11.3 Å². The molecular formula is C21H22N4O. The Morgan fingerprint density at radius 2 is 2.08 bits per heavy atom. The zero-order valence-corrected chi connectivity index (χ0v) is 15.1. The first-order chi connectivity index (χ1) is 12.6. The van der Waals surface area contributed by atoms with Crippen molar-refractivity contribution in [2.45, 2.75) is 39.2 Å². The van der Waals surface area contributed by atoms with Gasteiger partial charge in [0.2, 0.25) is 0 Å². The molecule has 0 spiro atoms. The van der Waals surface area contributed by atoms with Crippen molar-refractivity contribution in [1.82, 2.24) is 20.1 Å². The van der Waals surface area contributed by atoms with Crippen LogP contribution in [0.2, 0.25) is 0 Å². The molecule has 1 N–H and O–H groups in total. The van der Waals surface area contributed by atoms with E-state index in [4.69, 9.17) is 0 Å². The fraction of sp³-hybridized carbons (Fsp3) is 0.286. The van der Waals surface area contributed by atoms with Crippen molar-refractivity contribution in [3.8, 4) is 5.69 Å². The highest BCUT2D eigenvalue weighted by molar-refractivity contribution is 5.92. The van der Waals surface area contributed by atoms with Gasteiger partial charge in [-0.1, -0.05) is 18.2 Å². The number of nitrogens with one attached hydrogen (secondary N) is 1. The van der Waals surface area contributed by atoms with Gasteiger partial charge in [-0.25, -0.2) is 4.68 Å². The number of pyridine rings is 1. The summed E-state index contributed by atoms with van der Waals surface area (Å²) in [5.74, 6) is -0.129. The second-order valence-corrected chi connectivity index (χ2v) is 6.88. The maximum atomic E-state index is 12.6. The summed E-state index contributed by atoms with van der Waals surface area (Å²) in [6.07, 6.45) is 6.49. The average molecular weight is 346 g/mol. The smallest absolute Gasteiger partial charge is 0.270 e. The number of carbonyl (C=O) groups excluding carboxylic acids is 1. The Kier molecular flexibility index (Phi) is 4.29. The molecule has 1 amide bonds. The Bertz CT molecular complexity index is 960. The van der Waals surface area contributed by atoms with Crippen LogP contribution in [0.15, 0.2) is 48.8 Å². The molecule has 0 bridgehead atoms. The number of fused-ring (bicyclic) bond motifs is 1. The highest BCUT2D eigenvalue weighted by Crippen LogP contribution is 2.31. The number of aryl methyl sites for hydroxylation is 2. The third-order valence-electron chi connectivity index (χ3n) is 4.98. The SMILES string of the molecule is Cc1ccnc(C(=O)N[C@@H]2CCCc3c2cnn3-c2ccccc2C)c1. The third kappa shape index (κ3) is 3.01. The molecule has 1 aromatic carbocycles. The fourth-order valence-electron chi connectivity index (χ4n) is 3.61. The number of nitrogens with zero attached hydrogens (tertiary/aromatic N) is 3. The normalized spacial score (nSPS) is 16.2. The highest BCUT2D eigenvalue weighted by atomic mass is 16.1. The van der Waals surface area contributed by atoms with Gasteiger partial charge < -0.3 is 5.32 Å². The topological polar surface area (TPSA) is 59.8 Å². The predicted octanol–water partition coefficient (Wildman–Crippen LogP) is 3.69. The van der Waals surface area contributed by atoms with Crippen LogP contribution in [-0.4, -0.2) is 20.7 Å². The lowest BCUT2D eigenvalue weighted by atomic mass is 9.92. The fourth-order valence-corrected chi connectivity index (χ4v) is 3.61. The molecule has 0 saturated carbocycles. The number of aromatic nitrogens is 3. The van der Waals surface area contributed by atoms with Gasteiger partial charge in [-0.2, -0.15) is 5.10 Å². The summed E-state index contributed by atoms with van der Waals surface area (Å²) in [6, 6.07) is 11.9. The third-order valence-corrected chi connectivity index (χ3v) is 4.98. The summed E-state index contributed by atoms with van der Waals surface area (Å²) >= 11 is 0. The molecule has 3 aromatic rings. The molecule has 0 fully saturated rings. The maximum Gasteiger partial charge on any atom is 0.270 e. The van der Waals surface area contributed by atoms with E-state index < -0.39 is 0 Å². The number of para-hydroxylation sites is 1. The summed E-state index contributed by atoms with van der Waals surface area (Å²) in [5, 5.41) is 7.77. The Hall–Kier alpha value is -2.95. The van der Waals surface area contributed by atoms with Crippen LogP contribution >= 0.6 is 0 Å².